The third-order valence-electron chi connectivity index (χ3n) is 4.47. The van der Waals surface area contributed by atoms with Gasteiger partial charge < -0.3 is 10.1 Å². The molecule has 1 atom stereocenters. The van der Waals surface area contributed by atoms with Gasteiger partial charge in [-0.1, -0.05) is 20.3 Å². The molecule has 3 rings (SSSR count). The Morgan fingerprint density at radius 1 is 1.40 bits per heavy atom. The zero-order chi connectivity index (χ0) is 14.3. The zero-order valence-corrected chi connectivity index (χ0v) is 11.9. The van der Waals surface area contributed by atoms with Crippen LogP contribution in [0.15, 0.2) is 18.2 Å². The van der Waals surface area contributed by atoms with Gasteiger partial charge in [0.1, 0.15) is 5.75 Å². The van der Waals surface area contributed by atoms with Crippen LogP contribution < -0.4 is 10.1 Å². The maximum Gasteiger partial charge on any atom is 0.262 e. The van der Waals surface area contributed by atoms with Crippen molar-refractivity contribution in [2.24, 2.45) is 11.3 Å². The van der Waals surface area contributed by atoms with Crippen LogP contribution in [0.4, 0.5) is 5.69 Å². The molecule has 0 aromatic heterocycles. The lowest BCUT2D eigenvalue weighted by Crippen LogP contribution is -2.27. The molecule has 20 heavy (non-hydrogen) atoms. The van der Waals surface area contributed by atoms with Gasteiger partial charge >= 0.3 is 0 Å². The van der Waals surface area contributed by atoms with Crippen LogP contribution in [0.2, 0.25) is 0 Å². The predicted octanol–water partition coefficient (Wildman–Crippen LogP) is 3.03. The van der Waals surface area contributed by atoms with Crippen LogP contribution in [-0.2, 0) is 4.79 Å². The summed E-state index contributed by atoms with van der Waals surface area (Å²) in [6.07, 6.45) is 3.15. The van der Waals surface area contributed by atoms with E-state index in [1.54, 1.807) is 18.2 Å². The summed E-state index contributed by atoms with van der Waals surface area (Å²) >= 11 is 0. The normalized spacial score (nSPS) is 23.7. The molecule has 1 N–H and O–H groups in total. The Balaban J connectivity index is 1.89. The molecule has 1 aliphatic carbocycles. The molecule has 0 spiro atoms. The molecule has 1 unspecified atom stereocenters. The smallest absolute Gasteiger partial charge is 0.262 e. The van der Waals surface area contributed by atoms with Gasteiger partial charge in [0.15, 0.2) is 12.4 Å². The van der Waals surface area contributed by atoms with E-state index in [-0.39, 0.29) is 29.6 Å². The fourth-order valence-corrected chi connectivity index (χ4v) is 3.25. The minimum absolute atomic E-state index is 0.0376. The highest BCUT2D eigenvalue weighted by Crippen LogP contribution is 2.44. The van der Waals surface area contributed by atoms with Gasteiger partial charge in [-0.2, -0.15) is 0 Å². The number of Topliss-reactive ketones (excluding diaryl/α,β-unsaturated/α-hetero) is 1. The molecule has 1 aromatic carbocycles. The minimum Gasteiger partial charge on any atom is -0.482 e. The fraction of sp³-hybridized carbons (Fsp3) is 0.500. The molecule has 0 radical (unpaired) electrons. The molecule has 1 saturated carbocycles. The van der Waals surface area contributed by atoms with Gasteiger partial charge in [-0.25, -0.2) is 0 Å². The molecular weight excluding hydrogens is 254 g/mol. The SMILES string of the molecule is CC1(C)CCCC1C(=O)c1ccc2c(c1)NC(=O)CO2. The van der Waals surface area contributed by atoms with E-state index < -0.39 is 0 Å². The summed E-state index contributed by atoms with van der Waals surface area (Å²) in [4.78, 5) is 24.0. The number of ketones is 1. The van der Waals surface area contributed by atoms with Crippen LogP contribution in [0.3, 0.4) is 0 Å². The van der Waals surface area contributed by atoms with Crippen LogP contribution in [0, 0.1) is 11.3 Å². The number of hydrogen-bond acceptors (Lipinski definition) is 3. The number of anilines is 1. The first-order valence-electron chi connectivity index (χ1n) is 7.08. The Morgan fingerprint density at radius 3 is 2.90 bits per heavy atom. The number of ether oxygens (including phenoxy) is 1. The molecule has 106 valence electrons. The number of fused-ring (bicyclic) bond motifs is 1. The number of rotatable bonds is 2. The minimum atomic E-state index is -0.178. The molecule has 1 fully saturated rings. The van der Waals surface area contributed by atoms with Crippen molar-refractivity contribution in [1.82, 2.24) is 0 Å². The number of nitrogens with one attached hydrogen (secondary N) is 1. The lowest BCUT2D eigenvalue weighted by molar-refractivity contribution is -0.118. The van der Waals surface area contributed by atoms with Crippen LogP contribution in [-0.4, -0.2) is 18.3 Å². The van der Waals surface area contributed by atoms with Crippen molar-refractivity contribution in [3.8, 4) is 5.75 Å². The van der Waals surface area contributed by atoms with Gasteiger partial charge in [0.25, 0.3) is 5.91 Å². The van der Waals surface area contributed by atoms with Crippen molar-refractivity contribution in [2.45, 2.75) is 33.1 Å². The third kappa shape index (κ3) is 2.19. The standard InChI is InChI=1S/C16H19NO3/c1-16(2)7-3-4-11(16)15(19)10-5-6-13-12(8-10)17-14(18)9-20-13/h5-6,8,11H,3-4,7,9H2,1-2H3,(H,17,18). The Morgan fingerprint density at radius 2 is 2.20 bits per heavy atom. The maximum absolute atomic E-state index is 12.7. The van der Waals surface area contributed by atoms with Gasteiger partial charge in [0.05, 0.1) is 5.69 Å². The molecule has 1 aromatic rings. The number of benzene rings is 1. The second kappa shape index (κ2) is 4.62. The summed E-state index contributed by atoms with van der Waals surface area (Å²) in [5.41, 5.74) is 1.32. The summed E-state index contributed by atoms with van der Waals surface area (Å²) in [6, 6.07) is 5.31. The quantitative estimate of drug-likeness (QED) is 0.843. The highest BCUT2D eigenvalue weighted by atomic mass is 16.5. The van der Waals surface area contributed by atoms with Crippen molar-refractivity contribution in [3.05, 3.63) is 23.8 Å². The van der Waals surface area contributed by atoms with Gasteiger partial charge in [0, 0.05) is 11.5 Å². The number of amides is 1. The van der Waals surface area contributed by atoms with E-state index in [1.807, 2.05) is 0 Å². The number of carbonyl (C=O) groups excluding carboxylic acids is 2. The molecule has 4 heteroatoms. The molecule has 1 amide bonds. The second-order valence-electron chi connectivity index (χ2n) is 6.35. The van der Waals surface area contributed by atoms with E-state index in [0.29, 0.717) is 17.0 Å². The van der Waals surface area contributed by atoms with Crippen molar-refractivity contribution in [1.29, 1.82) is 0 Å². The van der Waals surface area contributed by atoms with Crippen molar-refractivity contribution >= 4 is 17.4 Å². The summed E-state index contributed by atoms with van der Waals surface area (Å²) in [7, 11) is 0. The summed E-state index contributed by atoms with van der Waals surface area (Å²) in [5.74, 6) is 0.700. The molecule has 4 nitrogen and oxygen atoms in total. The molecule has 0 bridgehead atoms. The number of carbonyl (C=O) groups is 2. The Kier molecular flexibility index (Phi) is 3.04. The van der Waals surface area contributed by atoms with E-state index in [4.69, 9.17) is 4.74 Å². The van der Waals surface area contributed by atoms with E-state index in [0.717, 1.165) is 19.3 Å². The maximum atomic E-state index is 12.7. The zero-order valence-electron chi connectivity index (χ0n) is 11.9. The lowest BCUT2D eigenvalue weighted by atomic mass is 9.77. The molecule has 1 heterocycles. The summed E-state index contributed by atoms with van der Waals surface area (Å²) in [6.45, 7) is 4.35. The van der Waals surface area contributed by atoms with Crippen molar-refractivity contribution in [2.75, 3.05) is 11.9 Å². The fourth-order valence-electron chi connectivity index (χ4n) is 3.25. The average Bonchev–Trinajstić information content (AvgIpc) is 2.76. The van der Waals surface area contributed by atoms with Crippen LogP contribution in [0.25, 0.3) is 0 Å². The van der Waals surface area contributed by atoms with E-state index >= 15 is 0 Å². The largest absolute Gasteiger partial charge is 0.482 e. The van der Waals surface area contributed by atoms with E-state index in [9.17, 15) is 9.59 Å². The van der Waals surface area contributed by atoms with Gasteiger partial charge in [0.2, 0.25) is 0 Å². The highest BCUT2D eigenvalue weighted by Gasteiger charge is 2.39. The summed E-state index contributed by atoms with van der Waals surface area (Å²) in [5, 5.41) is 2.75. The predicted molar refractivity (Wildman–Crippen MR) is 76.0 cm³/mol. The van der Waals surface area contributed by atoms with Crippen molar-refractivity contribution < 1.29 is 14.3 Å². The third-order valence-corrected chi connectivity index (χ3v) is 4.47. The first-order valence-corrected chi connectivity index (χ1v) is 7.08. The van der Waals surface area contributed by atoms with Crippen LogP contribution in [0.1, 0.15) is 43.5 Å². The lowest BCUT2D eigenvalue weighted by Gasteiger charge is -2.26. The monoisotopic (exact) mass is 273 g/mol. The molecule has 2 aliphatic rings. The first-order chi connectivity index (χ1) is 9.47. The first kappa shape index (κ1) is 13.2. The Labute approximate surface area is 118 Å². The highest BCUT2D eigenvalue weighted by molar-refractivity contribution is 6.02. The van der Waals surface area contributed by atoms with Gasteiger partial charge in [-0.05, 0) is 36.5 Å². The topological polar surface area (TPSA) is 55.4 Å². The Hall–Kier alpha value is -1.84. The summed E-state index contributed by atoms with van der Waals surface area (Å²) < 4.78 is 5.31. The average molecular weight is 273 g/mol. The Bertz CT molecular complexity index is 577. The van der Waals surface area contributed by atoms with Crippen LogP contribution >= 0.6 is 0 Å². The molecule has 0 saturated heterocycles. The van der Waals surface area contributed by atoms with Crippen molar-refractivity contribution in [3.63, 3.8) is 0 Å². The molecular formula is C16H19NO3. The molecule has 1 aliphatic heterocycles. The second-order valence-corrected chi connectivity index (χ2v) is 6.35. The van der Waals surface area contributed by atoms with E-state index in [1.165, 1.54) is 0 Å². The van der Waals surface area contributed by atoms with E-state index in [2.05, 4.69) is 19.2 Å². The number of hydrogen-bond donors (Lipinski definition) is 1. The van der Waals surface area contributed by atoms with Gasteiger partial charge in [-0.15, -0.1) is 0 Å². The van der Waals surface area contributed by atoms with Gasteiger partial charge in [-0.3, -0.25) is 9.59 Å². The van der Waals surface area contributed by atoms with Crippen LogP contribution in [0.5, 0.6) is 5.75 Å².